The summed E-state index contributed by atoms with van der Waals surface area (Å²) in [4.78, 5) is 2.08. The fourth-order valence-corrected chi connectivity index (χ4v) is 2.71. The molecule has 1 aromatic rings. The van der Waals surface area contributed by atoms with Crippen molar-refractivity contribution in [1.82, 2.24) is 15.5 Å². The average molecular weight is 296 g/mol. The number of anilines is 1. The number of hydrogen-bond acceptors (Lipinski definition) is 6. The zero-order valence-electron chi connectivity index (χ0n) is 13.4. The van der Waals surface area contributed by atoms with Crippen LogP contribution in [0.3, 0.4) is 0 Å². The maximum Gasteiger partial charge on any atom is 0.318 e. The molecule has 0 aliphatic heterocycles. The van der Waals surface area contributed by atoms with Crippen molar-refractivity contribution in [3.8, 4) is 0 Å². The van der Waals surface area contributed by atoms with E-state index in [0.29, 0.717) is 31.0 Å². The van der Waals surface area contributed by atoms with E-state index in [1.807, 2.05) is 0 Å². The van der Waals surface area contributed by atoms with Crippen LogP contribution in [-0.2, 0) is 6.54 Å². The number of nitrogens with zero attached hydrogens (tertiary/aromatic N) is 3. The smallest absolute Gasteiger partial charge is 0.318 e. The first-order chi connectivity index (χ1) is 9.99. The van der Waals surface area contributed by atoms with Gasteiger partial charge in [-0.25, -0.2) is 0 Å². The molecule has 1 fully saturated rings. The molecule has 0 atom stereocenters. The molecule has 21 heavy (non-hydrogen) atoms. The van der Waals surface area contributed by atoms with E-state index in [-0.39, 0.29) is 12.1 Å². The summed E-state index contributed by atoms with van der Waals surface area (Å²) in [5.74, 6) is 0.596. The Labute approximate surface area is 126 Å². The van der Waals surface area contributed by atoms with Gasteiger partial charge >= 0.3 is 6.01 Å². The van der Waals surface area contributed by atoms with Gasteiger partial charge in [-0.2, -0.15) is 0 Å². The third-order valence-corrected chi connectivity index (χ3v) is 3.83. The average Bonchev–Trinajstić information content (AvgIpc) is 2.91. The minimum Gasteiger partial charge on any atom is -0.407 e. The van der Waals surface area contributed by atoms with Gasteiger partial charge in [-0.3, -0.25) is 0 Å². The predicted octanol–water partition coefficient (Wildman–Crippen LogP) is 2.09. The Morgan fingerprint density at radius 3 is 2.57 bits per heavy atom. The lowest BCUT2D eigenvalue weighted by Gasteiger charge is -2.32. The largest absolute Gasteiger partial charge is 0.407 e. The standard InChI is InChI=1S/C15H28N4O2/c1-15(2,3)16-11-13-17-18-14(21-13)19(9-10-20)12-7-5-4-6-8-12/h12,16,20H,4-11H2,1-3H3. The first-order valence-electron chi connectivity index (χ1n) is 7.94. The molecule has 120 valence electrons. The minimum absolute atomic E-state index is 0.0167. The van der Waals surface area contributed by atoms with E-state index >= 15 is 0 Å². The summed E-state index contributed by atoms with van der Waals surface area (Å²) in [6.45, 7) is 7.53. The summed E-state index contributed by atoms with van der Waals surface area (Å²) in [6.07, 6.45) is 6.04. The summed E-state index contributed by atoms with van der Waals surface area (Å²) in [7, 11) is 0. The number of aliphatic hydroxyl groups excluding tert-OH is 1. The Morgan fingerprint density at radius 1 is 1.24 bits per heavy atom. The van der Waals surface area contributed by atoms with Crippen LogP contribution in [-0.4, -0.2) is 40.0 Å². The zero-order chi connectivity index (χ0) is 15.3. The number of nitrogens with one attached hydrogen (secondary N) is 1. The molecule has 0 saturated heterocycles. The van der Waals surface area contributed by atoms with Gasteiger partial charge in [-0.1, -0.05) is 24.4 Å². The lowest BCUT2D eigenvalue weighted by atomic mass is 9.94. The monoisotopic (exact) mass is 296 g/mol. The summed E-state index contributed by atoms with van der Waals surface area (Å²) >= 11 is 0. The number of aromatic nitrogens is 2. The molecule has 0 spiro atoms. The summed E-state index contributed by atoms with van der Waals surface area (Å²) in [6, 6.07) is 0.955. The number of aliphatic hydroxyl groups is 1. The van der Waals surface area contributed by atoms with Crippen LogP contribution in [0.15, 0.2) is 4.42 Å². The van der Waals surface area contributed by atoms with Crippen molar-refractivity contribution in [3.63, 3.8) is 0 Å². The minimum atomic E-state index is 0.0167. The third-order valence-electron chi connectivity index (χ3n) is 3.83. The highest BCUT2D eigenvalue weighted by molar-refractivity contribution is 5.26. The molecule has 0 bridgehead atoms. The molecule has 1 aliphatic carbocycles. The Hall–Kier alpha value is -1.14. The molecule has 0 aromatic carbocycles. The molecule has 0 radical (unpaired) electrons. The molecule has 0 unspecified atom stereocenters. The summed E-state index contributed by atoms with van der Waals surface area (Å²) < 4.78 is 5.78. The molecule has 1 aliphatic rings. The second kappa shape index (κ2) is 7.22. The molecule has 0 amide bonds. The Balaban J connectivity index is 2.01. The second-order valence-corrected chi connectivity index (χ2v) is 6.79. The van der Waals surface area contributed by atoms with Crippen LogP contribution in [0.1, 0.15) is 58.8 Å². The maximum absolute atomic E-state index is 9.30. The summed E-state index contributed by atoms with van der Waals surface area (Å²) in [5, 5.41) is 20.9. The maximum atomic E-state index is 9.30. The number of rotatable bonds is 6. The molecule has 1 heterocycles. The van der Waals surface area contributed by atoms with Gasteiger partial charge in [0.2, 0.25) is 5.89 Å². The molecule has 2 N–H and O–H groups in total. The zero-order valence-corrected chi connectivity index (χ0v) is 13.4. The van der Waals surface area contributed by atoms with E-state index in [0.717, 1.165) is 12.8 Å². The molecule has 6 nitrogen and oxygen atoms in total. The van der Waals surface area contributed by atoms with E-state index in [1.54, 1.807) is 0 Å². The van der Waals surface area contributed by atoms with Gasteiger partial charge < -0.3 is 19.7 Å². The Kier molecular flexibility index (Phi) is 5.58. The molecular weight excluding hydrogens is 268 g/mol. The Bertz CT molecular complexity index is 422. The highest BCUT2D eigenvalue weighted by atomic mass is 16.4. The van der Waals surface area contributed by atoms with Crippen LogP contribution in [0, 0.1) is 0 Å². The van der Waals surface area contributed by atoms with E-state index in [4.69, 9.17) is 4.42 Å². The highest BCUT2D eigenvalue weighted by Gasteiger charge is 2.25. The molecular formula is C15H28N4O2. The van der Waals surface area contributed by atoms with Crippen molar-refractivity contribution in [2.45, 2.75) is 71.0 Å². The fourth-order valence-electron chi connectivity index (χ4n) is 2.71. The highest BCUT2D eigenvalue weighted by Crippen LogP contribution is 2.26. The van der Waals surface area contributed by atoms with Crippen LogP contribution in [0.5, 0.6) is 0 Å². The van der Waals surface area contributed by atoms with Gasteiger partial charge in [0.1, 0.15) is 0 Å². The van der Waals surface area contributed by atoms with E-state index in [2.05, 4.69) is 41.2 Å². The molecule has 1 saturated carbocycles. The van der Waals surface area contributed by atoms with Crippen molar-refractivity contribution < 1.29 is 9.52 Å². The van der Waals surface area contributed by atoms with E-state index < -0.39 is 0 Å². The van der Waals surface area contributed by atoms with Gasteiger partial charge in [-0.15, -0.1) is 5.10 Å². The quantitative estimate of drug-likeness (QED) is 0.837. The lowest BCUT2D eigenvalue weighted by molar-refractivity contribution is 0.282. The predicted molar refractivity (Wildman–Crippen MR) is 82.2 cm³/mol. The lowest BCUT2D eigenvalue weighted by Crippen LogP contribution is -2.39. The van der Waals surface area contributed by atoms with E-state index in [1.165, 1.54) is 19.3 Å². The first-order valence-corrected chi connectivity index (χ1v) is 7.94. The van der Waals surface area contributed by atoms with Crippen LogP contribution in [0.4, 0.5) is 6.01 Å². The molecule has 1 aromatic heterocycles. The van der Waals surface area contributed by atoms with Gasteiger partial charge in [0.15, 0.2) is 0 Å². The third kappa shape index (κ3) is 4.97. The van der Waals surface area contributed by atoms with Gasteiger partial charge in [0.05, 0.1) is 13.2 Å². The SMILES string of the molecule is CC(C)(C)NCc1nnc(N(CCO)C2CCCCC2)o1. The number of hydrogen-bond donors (Lipinski definition) is 2. The second-order valence-electron chi connectivity index (χ2n) is 6.79. The molecule has 2 rings (SSSR count). The van der Waals surface area contributed by atoms with E-state index in [9.17, 15) is 5.11 Å². The van der Waals surface area contributed by atoms with Gasteiger partial charge in [0.25, 0.3) is 0 Å². The van der Waals surface area contributed by atoms with Crippen LogP contribution >= 0.6 is 0 Å². The normalized spacial score (nSPS) is 17.1. The van der Waals surface area contributed by atoms with Crippen LogP contribution in [0.2, 0.25) is 0 Å². The van der Waals surface area contributed by atoms with Crippen molar-refractivity contribution >= 4 is 6.01 Å². The topological polar surface area (TPSA) is 74.4 Å². The van der Waals surface area contributed by atoms with Crippen molar-refractivity contribution in [2.24, 2.45) is 0 Å². The van der Waals surface area contributed by atoms with Crippen LogP contribution < -0.4 is 10.2 Å². The fraction of sp³-hybridized carbons (Fsp3) is 0.867. The summed E-state index contributed by atoms with van der Waals surface area (Å²) in [5.41, 5.74) is 0.0167. The molecule has 6 heteroatoms. The first kappa shape index (κ1) is 16.2. The van der Waals surface area contributed by atoms with Crippen molar-refractivity contribution in [2.75, 3.05) is 18.1 Å². The van der Waals surface area contributed by atoms with Gasteiger partial charge in [-0.05, 0) is 33.6 Å². The van der Waals surface area contributed by atoms with Crippen molar-refractivity contribution in [1.29, 1.82) is 0 Å². The Morgan fingerprint density at radius 2 is 1.95 bits per heavy atom. The van der Waals surface area contributed by atoms with Gasteiger partial charge in [0, 0.05) is 18.1 Å². The van der Waals surface area contributed by atoms with Crippen LogP contribution in [0.25, 0.3) is 0 Å². The van der Waals surface area contributed by atoms with Crippen molar-refractivity contribution in [3.05, 3.63) is 5.89 Å².